The number of methoxy groups -OCH3 is 2. The molecule has 0 amide bonds. The summed E-state index contributed by atoms with van der Waals surface area (Å²) in [5, 5.41) is 3.63. The molecule has 1 aliphatic heterocycles. The zero-order chi connectivity index (χ0) is 17.1. The highest BCUT2D eigenvalue weighted by atomic mass is 32.1. The molecule has 0 aromatic heterocycles. The van der Waals surface area contributed by atoms with Crippen LogP contribution in [0.15, 0.2) is 35.5 Å². The van der Waals surface area contributed by atoms with Gasteiger partial charge in [0, 0.05) is 12.7 Å². The summed E-state index contributed by atoms with van der Waals surface area (Å²) >= 11 is 5.30. The van der Waals surface area contributed by atoms with Crippen molar-refractivity contribution in [1.82, 2.24) is 10.2 Å². The number of carbonyl (C=O) groups excluding carboxylic acids is 2. The van der Waals surface area contributed by atoms with Crippen LogP contribution in [0, 0.1) is 0 Å². The maximum Gasteiger partial charge on any atom is 0.337 e. The number of thiocarbonyl (C=S) groups is 1. The number of ether oxygens (including phenoxy) is 2. The predicted molar refractivity (Wildman–Crippen MR) is 88.7 cm³/mol. The van der Waals surface area contributed by atoms with Crippen molar-refractivity contribution in [3.05, 3.63) is 46.7 Å². The molecule has 0 bridgehead atoms. The summed E-state index contributed by atoms with van der Waals surface area (Å²) in [6, 6.07) is 6.38. The lowest BCUT2D eigenvalue weighted by atomic mass is 9.94. The molecule has 1 N–H and O–H groups in total. The Morgan fingerprint density at radius 1 is 1.13 bits per heavy atom. The van der Waals surface area contributed by atoms with Crippen LogP contribution in [0.4, 0.5) is 0 Å². The van der Waals surface area contributed by atoms with E-state index in [9.17, 15) is 9.59 Å². The Hall–Kier alpha value is -2.41. The molecule has 1 aliphatic rings. The Balaban J connectivity index is 2.45. The number of hydrogen-bond donors (Lipinski definition) is 1. The zero-order valence-electron chi connectivity index (χ0n) is 13.4. The molecule has 0 saturated carbocycles. The quantitative estimate of drug-likeness (QED) is 0.667. The van der Waals surface area contributed by atoms with Gasteiger partial charge in [-0.2, -0.15) is 0 Å². The van der Waals surface area contributed by atoms with E-state index in [1.54, 1.807) is 36.2 Å². The van der Waals surface area contributed by atoms with E-state index in [4.69, 9.17) is 17.0 Å². The van der Waals surface area contributed by atoms with E-state index >= 15 is 0 Å². The predicted octanol–water partition coefficient (Wildman–Crippen LogP) is 1.78. The molecule has 0 aliphatic carbocycles. The number of carbonyl (C=O) groups is 2. The molecular formula is C16H18N2O4S. The number of hydrogen-bond acceptors (Lipinski definition) is 5. The van der Waals surface area contributed by atoms with E-state index in [1.807, 2.05) is 6.92 Å². The van der Waals surface area contributed by atoms with Crippen molar-refractivity contribution < 1.29 is 19.1 Å². The molecule has 23 heavy (non-hydrogen) atoms. The summed E-state index contributed by atoms with van der Waals surface area (Å²) in [5.41, 5.74) is 2.44. The summed E-state index contributed by atoms with van der Waals surface area (Å²) in [6.07, 6.45) is 0. The number of rotatable bonds is 3. The van der Waals surface area contributed by atoms with Crippen LogP contribution in [0.25, 0.3) is 0 Å². The third-order valence-corrected chi connectivity index (χ3v) is 4.22. The van der Waals surface area contributed by atoms with E-state index in [1.165, 1.54) is 14.2 Å². The summed E-state index contributed by atoms with van der Waals surface area (Å²) < 4.78 is 9.57. The van der Waals surface area contributed by atoms with E-state index in [-0.39, 0.29) is 0 Å². The monoisotopic (exact) mass is 334 g/mol. The average molecular weight is 334 g/mol. The van der Waals surface area contributed by atoms with Gasteiger partial charge in [-0.25, -0.2) is 9.59 Å². The van der Waals surface area contributed by atoms with Crippen LogP contribution in [0.1, 0.15) is 28.9 Å². The van der Waals surface area contributed by atoms with Crippen LogP contribution in [-0.4, -0.2) is 43.2 Å². The van der Waals surface area contributed by atoms with Gasteiger partial charge in [-0.1, -0.05) is 12.1 Å². The lowest BCUT2D eigenvalue weighted by molar-refractivity contribution is -0.136. The molecule has 0 spiro atoms. The van der Waals surface area contributed by atoms with Crippen molar-refractivity contribution in [2.24, 2.45) is 0 Å². The number of esters is 2. The largest absolute Gasteiger partial charge is 0.466 e. The Morgan fingerprint density at radius 2 is 1.70 bits per heavy atom. The highest BCUT2D eigenvalue weighted by Gasteiger charge is 2.33. The summed E-state index contributed by atoms with van der Waals surface area (Å²) in [6.45, 7) is 1.81. The third-order valence-electron chi connectivity index (χ3n) is 3.82. The van der Waals surface area contributed by atoms with Gasteiger partial charge in [0.25, 0.3) is 0 Å². The summed E-state index contributed by atoms with van der Waals surface area (Å²) in [4.78, 5) is 25.4. The van der Waals surface area contributed by atoms with Gasteiger partial charge in [0.1, 0.15) is 0 Å². The second-order valence-electron chi connectivity index (χ2n) is 5.05. The minimum atomic E-state index is -0.433. The standard InChI is InChI=1S/C16H18N2O4S/c1-9-12(15(20)22-4)13(17-16(23)18(9)2)10-5-7-11(8-6-10)14(19)21-3/h5-8,13H,1-4H3,(H,17,23). The van der Waals surface area contributed by atoms with Gasteiger partial charge in [-0.3, -0.25) is 0 Å². The molecule has 1 aromatic rings. The molecule has 1 atom stereocenters. The molecule has 1 heterocycles. The molecule has 0 radical (unpaired) electrons. The smallest absolute Gasteiger partial charge is 0.337 e. The molecule has 0 saturated heterocycles. The number of allylic oxidation sites excluding steroid dienone is 1. The molecule has 0 fully saturated rings. The van der Waals surface area contributed by atoms with Crippen LogP contribution >= 0.6 is 12.2 Å². The molecule has 122 valence electrons. The first-order valence-electron chi connectivity index (χ1n) is 6.92. The third kappa shape index (κ3) is 3.19. The lowest BCUT2D eigenvalue weighted by Crippen LogP contribution is -2.46. The van der Waals surface area contributed by atoms with Gasteiger partial charge in [0.15, 0.2) is 5.11 Å². The van der Waals surface area contributed by atoms with Crippen molar-refractivity contribution >= 4 is 29.3 Å². The molecule has 1 unspecified atom stereocenters. The van der Waals surface area contributed by atoms with Gasteiger partial charge < -0.3 is 19.7 Å². The van der Waals surface area contributed by atoms with Crippen LogP contribution in [0.3, 0.4) is 0 Å². The van der Waals surface area contributed by atoms with Crippen molar-refractivity contribution in [3.63, 3.8) is 0 Å². The average Bonchev–Trinajstić information content (AvgIpc) is 2.58. The highest BCUT2D eigenvalue weighted by molar-refractivity contribution is 7.80. The minimum absolute atomic E-state index is 0.414. The number of nitrogens with one attached hydrogen (secondary N) is 1. The molecular weight excluding hydrogens is 316 g/mol. The van der Waals surface area contributed by atoms with E-state index in [0.717, 1.165) is 11.3 Å². The van der Waals surface area contributed by atoms with Gasteiger partial charge in [0.2, 0.25) is 0 Å². The Kier molecular flexibility index (Phi) is 5.00. The Bertz CT molecular complexity index is 682. The normalized spacial score (nSPS) is 17.7. The van der Waals surface area contributed by atoms with E-state index in [2.05, 4.69) is 10.1 Å². The molecule has 7 heteroatoms. The van der Waals surface area contributed by atoms with Gasteiger partial charge in [0.05, 0.1) is 31.4 Å². The fourth-order valence-corrected chi connectivity index (χ4v) is 2.64. The fraction of sp³-hybridized carbons (Fsp3) is 0.312. The van der Waals surface area contributed by atoms with Crippen molar-refractivity contribution in [3.8, 4) is 0 Å². The zero-order valence-corrected chi connectivity index (χ0v) is 14.2. The van der Waals surface area contributed by atoms with Crippen LogP contribution < -0.4 is 5.32 Å². The topological polar surface area (TPSA) is 67.9 Å². The maximum atomic E-state index is 12.2. The number of nitrogens with zero attached hydrogens (tertiary/aromatic N) is 1. The second-order valence-corrected chi connectivity index (χ2v) is 5.43. The Labute approximate surface area is 140 Å². The minimum Gasteiger partial charge on any atom is -0.466 e. The van der Waals surface area contributed by atoms with Crippen molar-refractivity contribution in [2.75, 3.05) is 21.3 Å². The van der Waals surface area contributed by atoms with Crippen LogP contribution in [-0.2, 0) is 14.3 Å². The van der Waals surface area contributed by atoms with Crippen molar-refractivity contribution in [1.29, 1.82) is 0 Å². The van der Waals surface area contributed by atoms with Gasteiger partial charge >= 0.3 is 11.9 Å². The van der Waals surface area contributed by atoms with Gasteiger partial charge in [-0.05, 0) is 36.8 Å². The SMILES string of the molecule is COC(=O)C1=C(C)N(C)C(=S)NC1c1ccc(C(=O)OC)cc1. The van der Waals surface area contributed by atoms with E-state index in [0.29, 0.717) is 16.2 Å². The molecule has 2 rings (SSSR count). The maximum absolute atomic E-state index is 12.2. The second kappa shape index (κ2) is 6.78. The van der Waals surface area contributed by atoms with Crippen molar-refractivity contribution in [2.45, 2.75) is 13.0 Å². The van der Waals surface area contributed by atoms with Crippen LogP contribution in [0.5, 0.6) is 0 Å². The number of benzene rings is 1. The first kappa shape index (κ1) is 17.0. The summed E-state index contributed by atoms with van der Waals surface area (Å²) in [5.74, 6) is -0.838. The molecule has 6 nitrogen and oxygen atoms in total. The van der Waals surface area contributed by atoms with E-state index < -0.39 is 18.0 Å². The first-order valence-corrected chi connectivity index (χ1v) is 7.33. The van der Waals surface area contributed by atoms with Gasteiger partial charge in [-0.15, -0.1) is 0 Å². The first-order chi connectivity index (χ1) is 10.9. The lowest BCUT2D eigenvalue weighted by Gasteiger charge is -2.35. The molecule has 1 aromatic carbocycles. The Morgan fingerprint density at radius 3 is 2.22 bits per heavy atom. The highest BCUT2D eigenvalue weighted by Crippen LogP contribution is 2.30. The fourth-order valence-electron chi connectivity index (χ4n) is 2.39. The van der Waals surface area contributed by atoms with Crippen LogP contribution in [0.2, 0.25) is 0 Å². The summed E-state index contributed by atoms with van der Waals surface area (Å²) in [7, 11) is 4.45.